The highest BCUT2D eigenvalue weighted by atomic mass is 16.5. The van der Waals surface area contributed by atoms with E-state index in [9.17, 15) is 9.59 Å². The molecule has 0 aromatic heterocycles. The second-order valence-electron chi connectivity index (χ2n) is 6.59. The minimum absolute atomic E-state index is 0.0169. The van der Waals surface area contributed by atoms with Gasteiger partial charge in [-0.15, -0.1) is 0 Å². The van der Waals surface area contributed by atoms with Crippen molar-refractivity contribution in [3.05, 3.63) is 0 Å². The molecule has 0 aliphatic rings. The minimum atomic E-state index is -0.0169. The van der Waals surface area contributed by atoms with Crippen molar-refractivity contribution >= 4 is 11.8 Å². The van der Waals surface area contributed by atoms with Gasteiger partial charge in [0.15, 0.2) is 0 Å². The molecule has 0 heterocycles. The molecule has 0 aromatic rings. The third kappa shape index (κ3) is 21.1. The van der Waals surface area contributed by atoms with Crippen LogP contribution in [0, 0.1) is 0 Å². The largest absolute Gasteiger partial charge is 0.379 e. The Hall–Kier alpha value is -1.22. The Kier molecular flexibility index (Phi) is 21.1. The lowest BCUT2D eigenvalue weighted by Crippen LogP contribution is -2.27. The van der Waals surface area contributed by atoms with E-state index in [1.807, 2.05) is 0 Å². The Morgan fingerprint density at radius 2 is 1.18 bits per heavy atom. The van der Waals surface area contributed by atoms with Crippen LogP contribution in [0.15, 0.2) is 0 Å². The fraction of sp³-hybridized carbons (Fsp3) is 0.900. The molecule has 0 unspecified atom stereocenters. The standard InChI is InChI=1S/C20H41N3O5/c1-2-3-4-11-22-19(24)8-5-9-20(25)23-12-7-14-27-16-18-28-17-15-26-13-6-10-21/h2-18,21H2,1H3,(H,22,24)(H,23,25). The maximum Gasteiger partial charge on any atom is 0.220 e. The number of nitrogens with one attached hydrogen (secondary N) is 2. The van der Waals surface area contributed by atoms with Gasteiger partial charge in [-0.2, -0.15) is 0 Å². The Morgan fingerprint density at radius 3 is 1.71 bits per heavy atom. The van der Waals surface area contributed by atoms with E-state index in [1.165, 1.54) is 0 Å². The maximum absolute atomic E-state index is 11.7. The van der Waals surface area contributed by atoms with Crippen LogP contribution in [-0.2, 0) is 23.8 Å². The molecule has 0 rings (SSSR count). The Balaban J connectivity index is 3.25. The molecule has 0 bridgehead atoms. The highest BCUT2D eigenvalue weighted by molar-refractivity contribution is 5.78. The predicted molar refractivity (Wildman–Crippen MR) is 110 cm³/mol. The molecule has 0 aliphatic carbocycles. The highest BCUT2D eigenvalue weighted by Crippen LogP contribution is 1.97. The second kappa shape index (κ2) is 22.1. The molecule has 0 atom stereocenters. The van der Waals surface area contributed by atoms with Gasteiger partial charge in [0.25, 0.3) is 0 Å². The smallest absolute Gasteiger partial charge is 0.220 e. The van der Waals surface area contributed by atoms with E-state index in [0.29, 0.717) is 72.0 Å². The first-order chi connectivity index (χ1) is 13.7. The molecule has 0 radical (unpaired) electrons. The summed E-state index contributed by atoms with van der Waals surface area (Å²) in [4.78, 5) is 23.3. The fourth-order valence-electron chi connectivity index (χ4n) is 2.32. The normalized spacial score (nSPS) is 10.8. The van der Waals surface area contributed by atoms with E-state index in [4.69, 9.17) is 19.9 Å². The Labute approximate surface area is 170 Å². The Bertz CT molecular complexity index is 370. The van der Waals surface area contributed by atoms with Crippen molar-refractivity contribution in [2.75, 3.05) is 59.3 Å². The summed E-state index contributed by atoms with van der Waals surface area (Å²) in [5.41, 5.74) is 5.36. The number of unbranched alkanes of at least 4 members (excludes halogenated alkanes) is 2. The summed E-state index contributed by atoms with van der Waals surface area (Å²) in [7, 11) is 0. The Morgan fingerprint density at radius 1 is 0.679 bits per heavy atom. The van der Waals surface area contributed by atoms with Crippen LogP contribution in [0.3, 0.4) is 0 Å². The van der Waals surface area contributed by atoms with E-state index in [0.717, 1.165) is 38.6 Å². The summed E-state index contributed by atoms with van der Waals surface area (Å²) in [6, 6.07) is 0. The molecule has 8 nitrogen and oxygen atoms in total. The highest BCUT2D eigenvalue weighted by Gasteiger charge is 2.04. The fourth-order valence-corrected chi connectivity index (χ4v) is 2.32. The van der Waals surface area contributed by atoms with Crippen molar-refractivity contribution in [3.63, 3.8) is 0 Å². The molecule has 0 saturated carbocycles. The van der Waals surface area contributed by atoms with Crippen molar-refractivity contribution in [2.24, 2.45) is 5.73 Å². The molecule has 8 heteroatoms. The van der Waals surface area contributed by atoms with Crippen LogP contribution < -0.4 is 16.4 Å². The van der Waals surface area contributed by atoms with Crippen LogP contribution in [0.25, 0.3) is 0 Å². The van der Waals surface area contributed by atoms with Crippen LogP contribution in [0.2, 0.25) is 0 Å². The maximum atomic E-state index is 11.7. The number of amides is 2. The number of rotatable bonds is 21. The quantitative estimate of drug-likeness (QED) is 0.250. The molecule has 0 aliphatic heterocycles. The van der Waals surface area contributed by atoms with Crippen LogP contribution in [0.5, 0.6) is 0 Å². The number of carbonyl (C=O) groups excluding carboxylic acids is 2. The van der Waals surface area contributed by atoms with Crippen LogP contribution in [-0.4, -0.2) is 71.1 Å². The van der Waals surface area contributed by atoms with E-state index in [1.54, 1.807) is 0 Å². The van der Waals surface area contributed by atoms with Crippen molar-refractivity contribution in [1.29, 1.82) is 0 Å². The monoisotopic (exact) mass is 403 g/mol. The van der Waals surface area contributed by atoms with Gasteiger partial charge >= 0.3 is 0 Å². The molecule has 28 heavy (non-hydrogen) atoms. The van der Waals surface area contributed by atoms with Crippen LogP contribution in [0.1, 0.15) is 58.3 Å². The average molecular weight is 404 g/mol. The number of ether oxygens (including phenoxy) is 3. The van der Waals surface area contributed by atoms with Gasteiger partial charge in [0.05, 0.1) is 26.4 Å². The summed E-state index contributed by atoms with van der Waals surface area (Å²) in [5, 5.41) is 5.72. The molecule has 0 fully saturated rings. The predicted octanol–water partition coefficient (Wildman–Crippen LogP) is 1.37. The van der Waals surface area contributed by atoms with Crippen molar-refractivity contribution in [2.45, 2.75) is 58.3 Å². The summed E-state index contributed by atoms with van der Waals surface area (Å²) in [6.45, 7) is 7.54. The van der Waals surface area contributed by atoms with Gasteiger partial charge in [-0.3, -0.25) is 9.59 Å². The van der Waals surface area contributed by atoms with Gasteiger partial charge in [-0.25, -0.2) is 0 Å². The molecule has 166 valence electrons. The summed E-state index contributed by atoms with van der Waals surface area (Å²) in [6.07, 6.45) is 6.27. The van der Waals surface area contributed by atoms with Crippen molar-refractivity contribution < 1.29 is 23.8 Å². The third-order valence-corrected chi connectivity index (χ3v) is 3.93. The lowest BCUT2D eigenvalue weighted by Gasteiger charge is -2.08. The lowest BCUT2D eigenvalue weighted by molar-refractivity contribution is -0.122. The summed E-state index contributed by atoms with van der Waals surface area (Å²) < 4.78 is 16.1. The molecule has 0 aromatic carbocycles. The molecule has 0 saturated heterocycles. The number of carbonyl (C=O) groups is 2. The molecular weight excluding hydrogens is 362 g/mol. The van der Waals surface area contributed by atoms with Gasteiger partial charge in [-0.05, 0) is 32.2 Å². The molecule has 4 N–H and O–H groups in total. The molecular formula is C20H41N3O5. The SMILES string of the molecule is CCCCCNC(=O)CCCC(=O)NCCCOCCOCCOCCCN. The summed E-state index contributed by atoms with van der Waals surface area (Å²) >= 11 is 0. The topological polar surface area (TPSA) is 112 Å². The summed E-state index contributed by atoms with van der Waals surface area (Å²) in [5.74, 6) is 0.0124. The zero-order chi connectivity index (χ0) is 20.7. The van der Waals surface area contributed by atoms with Crippen LogP contribution >= 0.6 is 0 Å². The third-order valence-electron chi connectivity index (χ3n) is 3.93. The zero-order valence-corrected chi connectivity index (χ0v) is 17.6. The number of hydrogen-bond donors (Lipinski definition) is 3. The lowest BCUT2D eigenvalue weighted by atomic mass is 10.2. The van der Waals surface area contributed by atoms with E-state index in [-0.39, 0.29) is 11.8 Å². The van der Waals surface area contributed by atoms with Gasteiger partial charge in [0.2, 0.25) is 11.8 Å². The first-order valence-electron chi connectivity index (χ1n) is 10.7. The average Bonchev–Trinajstić information content (AvgIpc) is 2.69. The first kappa shape index (κ1) is 26.8. The van der Waals surface area contributed by atoms with Crippen molar-refractivity contribution in [3.8, 4) is 0 Å². The van der Waals surface area contributed by atoms with Crippen molar-refractivity contribution in [1.82, 2.24) is 10.6 Å². The second-order valence-corrected chi connectivity index (χ2v) is 6.59. The van der Waals surface area contributed by atoms with Gasteiger partial charge in [0, 0.05) is 39.1 Å². The van der Waals surface area contributed by atoms with Gasteiger partial charge in [0.1, 0.15) is 0 Å². The zero-order valence-electron chi connectivity index (χ0n) is 17.6. The number of hydrogen-bond acceptors (Lipinski definition) is 6. The van der Waals surface area contributed by atoms with Gasteiger partial charge in [-0.1, -0.05) is 19.8 Å². The minimum Gasteiger partial charge on any atom is -0.379 e. The van der Waals surface area contributed by atoms with E-state index in [2.05, 4.69) is 17.6 Å². The number of nitrogens with two attached hydrogens (primary N) is 1. The molecule has 0 spiro atoms. The van der Waals surface area contributed by atoms with E-state index < -0.39 is 0 Å². The van der Waals surface area contributed by atoms with Crippen LogP contribution in [0.4, 0.5) is 0 Å². The molecule has 2 amide bonds. The van der Waals surface area contributed by atoms with Gasteiger partial charge < -0.3 is 30.6 Å². The first-order valence-corrected chi connectivity index (χ1v) is 10.7. The van der Waals surface area contributed by atoms with E-state index >= 15 is 0 Å².